The number of nitriles is 1. The molecule has 0 radical (unpaired) electrons. The number of hydrogen-bond acceptors (Lipinski definition) is 6. The van der Waals surface area contributed by atoms with E-state index >= 15 is 0 Å². The van der Waals surface area contributed by atoms with Crippen molar-refractivity contribution in [3.8, 4) is 6.07 Å². The van der Waals surface area contributed by atoms with Crippen LogP contribution in [-0.2, 0) is 16.1 Å². The summed E-state index contributed by atoms with van der Waals surface area (Å²) >= 11 is 0. The van der Waals surface area contributed by atoms with Crippen LogP contribution in [0.5, 0.6) is 0 Å². The maximum Gasteiger partial charge on any atom is 0.335 e. The molecule has 0 bridgehead atoms. The van der Waals surface area contributed by atoms with Gasteiger partial charge in [-0.2, -0.15) is 5.26 Å². The van der Waals surface area contributed by atoms with Gasteiger partial charge in [-0.25, -0.2) is 9.69 Å². The van der Waals surface area contributed by atoms with Gasteiger partial charge in [0.15, 0.2) is 0 Å². The average molecular weight is 371 g/mol. The van der Waals surface area contributed by atoms with Crippen molar-refractivity contribution in [3.63, 3.8) is 0 Å². The number of imide groups is 2. The van der Waals surface area contributed by atoms with Crippen LogP contribution in [0, 0.1) is 11.3 Å². The number of carbonyl (C=O) groups excluding carboxylic acids is 3. The Morgan fingerprint density at radius 2 is 1.67 bits per heavy atom. The molecule has 144 valence electrons. The first-order chi connectivity index (χ1) is 12.7. The van der Waals surface area contributed by atoms with E-state index in [1.54, 1.807) is 26.0 Å². The zero-order valence-corrected chi connectivity index (χ0v) is 16.2. The van der Waals surface area contributed by atoms with Crippen LogP contribution in [0.3, 0.4) is 0 Å². The molecular formula is C19H25N5O3. The standard InChI is InChI=1S/C19H25N5O3/c1-14(2)24-18(26)17(25)23(19(24)27)13-22(10-9-21(3)4)12-16-7-5-15(11-20)6-8-16/h5-8,14H,9-10,12-13H2,1-4H3. The SMILES string of the molecule is CC(C)N1C(=O)C(=O)N(CN(CCN(C)C)Cc2ccc(C#N)cc2)C1=O. The molecule has 0 unspecified atom stereocenters. The van der Waals surface area contributed by atoms with Crippen LogP contribution < -0.4 is 0 Å². The molecule has 8 nitrogen and oxygen atoms in total. The van der Waals surface area contributed by atoms with E-state index in [0.717, 1.165) is 21.9 Å². The number of carbonyl (C=O) groups is 3. The Labute approximate surface area is 159 Å². The molecule has 4 amide bonds. The van der Waals surface area contributed by atoms with Crippen LogP contribution in [-0.4, -0.2) is 77.3 Å². The zero-order chi connectivity index (χ0) is 20.1. The predicted octanol–water partition coefficient (Wildman–Crippen LogP) is 1.08. The number of urea groups is 1. The fourth-order valence-corrected chi connectivity index (χ4v) is 2.79. The van der Waals surface area contributed by atoms with Crippen LogP contribution in [0.15, 0.2) is 24.3 Å². The predicted molar refractivity (Wildman–Crippen MR) is 99.2 cm³/mol. The molecule has 0 atom stereocenters. The van der Waals surface area contributed by atoms with E-state index in [1.807, 2.05) is 36.0 Å². The van der Waals surface area contributed by atoms with E-state index in [-0.39, 0.29) is 12.7 Å². The molecule has 0 spiro atoms. The highest BCUT2D eigenvalue weighted by atomic mass is 16.2. The second-order valence-corrected chi connectivity index (χ2v) is 7.09. The molecule has 8 heteroatoms. The summed E-state index contributed by atoms with van der Waals surface area (Å²) in [6.07, 6.45) is 0. The summed E-state index contributed by atoms with van der Waals surface area (Å²) in [4.78, 5) is 42.8. The third-order valence-electron chi connectivity index (χ3n) is 4.29. The van der Waals surface area contributed by atoms with Gasteiger partial charge in [0.05, 0.1) is 18.3 Å². The fourth-order valence-electron chi connectivity index (χ4n) is 2.79. The molecule has 1 saturated heterocycles. The summed E-state index contributed by atoms with van der Waals surface area (Å²) in [6.45, 7) is 5.28. The Balaban J connectivity index is 2.16. The highest BCUT2D eigenvalue weighted by Crippen LogP contribution is 2.17. The number of nitrogens with zero attached hydrogens (tertiary/aromatic N) is 5. The van der Waals surface area contributed by atoms with Gasteiger partial charge in [-0.1, -0.05) is 12.1 Å². The number of amides is 4. The van der Waals surface area contributed by atoms with Crippen LogP contribution in [0.25, 0.3) is 0 Å². The van der Waals surface area contributed by atoms with Crippen molar-refractivity contribution in [2.24, 2.45) is 0 Å². The average Bonchev–Trinajstić information content (AvgIpc) is 2.83. The van der Waals surface area contributed by atoms with Gasteiger partial charge in [0.2, 0.25) is 0 Å². The Kier molecular flexibility index (Phi) is 6.66. The quantitative estimate of drug-likeness (QED) is 0.502. The molecule has 1 heterocycles. The molecule has 0 saturated carbocycles. The normalized spacial score (nSPS) is 14.8. The monoisotopic (exact) mass is 371 g/mol. The second kappa shape index (κ2) is 8.75. The minimum atomic E-state index is -0.789. The first-order valence-electron chi connectivity index (χ1n) is 8.79. The minimum Gasteiger partial charge on any atom is -0.308 e. The van der Waals surface area contributed by atoms with Gasteiger partial charge in [-0.05, 0) is 45.6 Å². The molecule has 1 fully saturated rings. The lowest BCUT2D eigenvalue weighted by atomic mass is 10.1. The molecule has 1 aliphatic rings. The van der Waals surface area contributed by atoms with E-state index in [2.05, 4.69) is 6.07 Å². The molecule has 0 aliphatic carbocycles. The fraction of sp³-hybridized carbons (Fsp3) is 0.474. The summed E-state index contributed by atoms with van der Waals surface area (Å²) < 4.78 is 0. The minimum absolute atomic E-state index is 0.0421. The van der Waals surface area contributed by atoms with Crippen molar-refractivity contribution in [3.05, 3.63) is 35.4 Å². The largest absolute Gasteiger partial charge is 0.335 e. The van der Waals surface area contributed by atoms with E-state index in [4.69, 9.17) is 5.26 Å². The molecule has 1 aliphatic heterocycles. The Bertz CT molecular complexity index is 752. The topological polar surface area (TPSA) is 88.0 Å². The van der Waals surface area contributed by atoms with E-state index in [9.17, 15) is 14.4 Å². The summed E-state index contributed by atoms with van der Waals surface area (Å²) in [5.74, 6) is -1.57. The van der Waals surface area contributed by atoms with Gasteiger partial charge in [-0.15, -0.1) is 0 Å². The molecule has 27 heavy (non-hydrogen) atoms. The Morgan fingerprint density at radius 3 is 2.15 bits per heavy atom. The maximum atomic E-state index is 12.5. The van der Waals surface area contributed by atoms with Crippen LogP contribution in [0.4, 0.5) is 4.79 Å². The molecule has 0 N–H and O–H groups in total. The first-order valence-corrected chi connectivity index (χ1v) is 8.79. The smallest absolute Gasteiger partial charge is 0.308 e. The van der Waals surface area contributed by atoms with Gasteiger partial charge in [0.25, 0.3) is 0 Å². The van der Waals surface area contributed by atoms with Crippen LogP contribution >= 0.6 is 0 Å². The number of rotatable bonds is 8. The summed E-state index contributed by atoms with van der Waals surface area (Å²) in [6, 6.07) is 8.29. The molecule has 0 aromatic heterocycles. The van der Waals surface area contributed by atoms with E-state index in [1.165, 1.54) is 0 Å². The zero-order valence-electron chi connectivity index (χ0n) is 16.2. The summed E-state index contributed by atoms with van der Waals surface area (Å²) in [5.41, 5.74) is 1.53. The molecule has 2 rings (SSSR count). The van der Waals surface area contributed by atoms with Crippen molar-refractivity contribution < 1.29 is 14.4 Å². The summed E-state index contributed by atoms with van der Waals surface area (Å²) in [5, 5.41) is 8.91. The van der Waals surface area contributed by atoms with Crippen LogP contribution in [0.2, 0.25) is 0 Å². The highest BCUT2D eigenvalue weighted by molar-refractivity contribution is 6.44. The molecule has 1 aromatic carbocycles. The third-order valence-corrected chi connectivity index (χ3v) is 4.29. The summed E-state index contributed by atoms with van der Waals surface area (Å²) in [7, 11) is 3.88. The Morgan fingerprint density at radius 1 is 1.04 bits per heavy atom. The lowest BCUT2D eigenvalue weighted by Gasteiger charge is -2.28. The van der Waals surface area contributed by atoms with Crippen molar-refractivity contribution >= 4 is 17.8 Å². The van der Waals surface area contributed by atoms with E-state index in [0.29, 0.717) is 18.7 Å². The van der Waals surface area contributed by atoms with Gasteiger partial charge in [0, 0.05) is 25.7 Å². The van der Waals surface area contributed by atoms with Gasteiger partial charge >= 0.3 is 17.8 Å². The van der Waals surface area contributed by atoms with Crippen molar-refractivity contribution in [1.29, 1.82) is 5.26 Å². The van der Waals surface area contributed by atoms with Crippen molar-refractivity contribution in [2.45, 2.75) is 26.4 Å². The van der Waals surface area contributed by atoms with Crippen molar-refractivity contribution in [1.82, 2.24) is 19.6 Å². The van der Waals surface area contributed by atoms with Crippen molar-refractivity contribution in [2.75, 3.05) is 33.9 Å². The molecular weight excluding hydrogens is 346 g/mol. The van der Waals surface area contributed by atoms with Crippen LogP contribution in [0.1, 0.15) is 25.0 Å². The molecule has 1 aromatic rings. The Hall–Kier alpha value is -2.76. The van der Waals surface area contributed by atoms with Gasteiger partial charge in [0.1, 0.15) is 0 Å². The highest BCUT2D eigenvalue weighted by Gasteiger charge is 2.46. The number of benzene rings is 1. The maximum absolute atomic E-state index is 12.5. The van der Waals surface area contributed by atoms with Gasteiger partial charge in [-0.3, -0.25) is 19.4 Å². The van der Waals surface area contributed by atoms with Gasteiger partial charge < -0.3 is 4.90 Å². The number of likely N-dealkylation sites (N-methyl/N-ethyl adjacent to an activating group) is 1. The number of hydrogen-bond donors (Lipinski definition) is 0. The second-order valence-electron chi connectivity index (χ2n) is 7.09. The lowest BCUT2D eigenvalue weighted by Crippen LogP contribution is -2.44. The third kappa shape index (κ3) is 4.90. The lowest BCUT2D eigenvalue weighted by molar-refractivity contribution is -0.144. The van der Waals surface area contributed by atoms with E-state index < -0.39 is 17.8 Å². The first kappa shape index (κ1) is 20.6.